The summed E-state index contributed by atoms with van der Waals surface area (Å²) < 4.78 is 5.40. The van der Waals surface area contributed by atoms with Gasteiger partial charge in [-0.05, 0) is 24.3 Å². The van der Waals surface area contributed by atoms with Crippen molar-refractivity contribution in [1.29, 1.82) is 0 Å². The zero-order valence-electron chi connectivity index (χ0n) is 14.0. The molecule has 0 radical (unpaired) electrons. The fourth-order valence-corrected chi connectivity index (χ4v) is 3.58. The molecule has 134 valence electrons. The molecule has 9 heteroatoms. The number of aromatic nitrogens is 3. The highest BCUT2D eigenvalue weighted by molar-refractivity contribution is 7.20. The number of nitrogens with zero attached hydrogens (tertiary/aromatic N) is 2. The normalized spacial score (nSPS) is 10.9. The summed E-state index contributed by atoms with van der Waals surface area (Å²) in [6.07, 6.45) is 0. The molecule has 0 unspecified atom stereocenters. The summed E-state index contributed by atoms with van der Waals surface area (Å²) in [5.74, 6) is -0.967. The van der Waals surface area contributed by atoms with Gasteiger partial charge in [-0.15, -0.1) is 11.3 Å². The Hall–Kier alpha value is -3.59. The Bertz CT molecular complexity index is 1260. The highest BCUT2D eigenvalue weighted by Crippen LogP contribution is 2.26. The van der Waals surface area contributed by atoms with Crippen molar-refractivity contribution in [2.24, 2.45) is 0 Å². The topological polar surface area (TPSA) is 114 Å². The molecular formula is C18H12N4O4S. The zero-order valence-corrected chi connectivity index (χ0v) is 14.8. The predicted octanol–water partition coefficient (Wildman–Crippen LogP) is 2.57. The van der Waals surface area contributed by atoms with Gasteiger partial charge < -0.3 is 10.1 Å². The highest BCUT2D eigenvalue weighted by atomic mass is 32.1. The number of ether oxygens (including phenoxy) is 1. The van der Waals surface area contributed by atoms with Gasteiger partial charge in [0.1, 0.15) is 0 Å². The standard InChI is InChI=1S/C18H12N4O4S/c1-26-18(25)17-20-12-7-6-9(8-13(12)27-17)19-16(24)14-10-4-2-3-5-11(10)15(23)22-21-14/h2-8H,1H3,(H,19,24)(H,22,23). The Morgan fingerprint density at radius 2 is 1.93 bits per heavy atom. The van der Waals surface area contributed by atoms with Crippen molar-refractivity contribution in [2.75, 3.05) is 12.4 Å². The number of anilines is 1. The van der Waals surface area contributed by atoms with E-state index in [0.717, 1.165) is 4.70 Å². The second-order valence-corrected chi connectivity index (χ2v) is 6.62. The lowest BCUT2D eigenvalue weighted by Gasteiger charge is -2.06. The summed E-state index contributed by atoms with van der Waals surface area (Å²) in [6.45, 7) is 0. The quantitative estimate of drug-likeness (QED) is 0.528. The van der Waals surface area contributed by atoms with E-state index in [1.807, 2.05) is 0 Å². The fourth-order valence-electron chi connectivity index (χ4n) is 2.66. The minimum atomic E-state index is -0.509. The van der Waals surface area contributed by atoms with E-state index in [9.17, 15) is 14.4 Å². The Morgan fingerprint density at radius 1 is 1.15 bits per heavy atom. The third-order valence-corrected chi connectivity index (χ3v) is 4.92. The van der Waals surface area contributed by atoms with Crippen molar-refractivity contribution >= 4 is 49.9 Å². The van der Waals surface area contributed by atoms with Gasteiger partial charge in [0.05, 0.1) is 22.7 Å². The third-order valence-electron chi connectivity index (χ3n) is 3.92. The molecule has 4 rings (SSSR count). The SMILES string of the molecule is COC(=O)c1nc2ccc(NC(=O)c3n[nH]c(=O)c4ccccc34)cc2s1. The number of hydrogen-bond donors (Lipinski definition) is 2. The van der Waals surface area contributed by atoms with Gasteiger partial charge in [0.15, 0.2) is 5.69 Å². The average molecular weight is 380 g/mol. The summed E-state index contributed by atoms with van der Waals surface area (Å²) in [7, 11) is 1.29. The molecule has 27 heavy (non-hydrogen) atoms. The average Bonchev–Trinajstić information content (AvgIpc) is 3.11. The first kappa shape index (κ1) is 16.9. The summed E-state index contributed by atoms with van der Waals surface area (Å²) in [5, 5.41) is 10.1. The first-order valence-corrected chi connectivity index (χ1v) is 8.66. The van der Waals surface area contributed by atoms with Gasteiger partial charge in [0.25, 0.3) is 11.5 Å². The second kappa shape index (κ2) is 6.61. The second-order valence-electron chi connectivity index (χ2n) is 5.59. The van der Waals surface area contributed by atoms with Crippen LogP contribution in [0.4, 0.5) is 5.69 Å². The van der Waals surface area contributed by atoms with Crippen molar-refractivity contribution in [3.63, 3.8) is 0 Å². The number of thiazole rings is 1. The zero-order chi connectivity index (χ0) is 19.0. The molecule has 0 saturated carbocycles. The summed E-state index contributed by atoms with van der Waals surface area (Å²) in [4.78, 5) is 40.3. The van der Waals surface area contributed by atoms with Gasteiger partial charge >= 0.3 is 5.97 Å². The highest BCUT2D eigenvalue weighted by Gasteiger charge is 2.16. The minimum Gasteiger partial charge on any atom is -0.464 e. The van der Waals surface area contributed by atoms with Crippen molar-refractivity contribution < 1.29 is 14.3 Å². The molecule has 0 aliphatic heterocycles. The molecule has 0 spiro atoms. The number of rotatable bonds is 3. The molecule has 2 aromatic carbocycles. The van der Waals surface area contributed by atoms with E-state index in [1.54, 1.807) is 42.5 Å². The Morgan fingerprint density at radius 3 is 2.70 bits per heavy atom. The van der Waals surface area contributed by atoms with Crippen LogP contribution >= 0.6 is 11.3 Å². The lowest BCUT2D eigenvalue weighted by atomic mass is 10.1. The summed E-state index contributed by atoms with van der Waals surface area (Å²) >= 11 is 1.17. The number of methoxy groups -OCH3 is 1. The number of nitrogens with one attached hydrogen (secondary N) is 2. The van der Waals surface area contributed by atoms with Crippen LogP contribution in [0, 0.1) is 0 Å². The Kier molecular flexibility index (Phi) is 4.13. The number of carbonyl (C=O) groups excluding carboxylic acids is 2. The van der Waals surface area contributed by atoms with E-state index in [4.69, 9.17) is 0 Å². The maximum Gasteiger partial charge on any atom is 0.367 e. The van der Waals surface area contributed by atoms with Gasteiger partial charge in [-0.3, -0.25) is 9.59 Å². The number of carbonyl (C=O) groups is 2. The van der Waals surface area contributed by atoms with Crippen LogP contribution in [0.3, 0.4) is 0 Å². The summed E-state index contributed by atoms with van der Waals surface area (Å²) in [5.41, 5.74) is 0.907. The Balaban J connectivity index is 1.68. The number of fused-ring (bicyclic) bond motifs is 2. The monoisotopic (exact) mass is 380 g/mol. The predicted molar refractivity (Wildman–Crippen MR) is 101 cm³/mol. The third kappa shape index (κ3) is 3.04. The minimum absolute atomic E-state index is 0.116. The van der Waals surface area contributed by atoms with Crippen LogP contribution in [0.1, 0.15) is 20.3 Å². The number of aromatic amines is 1. The molecule has 2 aromatic heterocycles. The smallest absolute Gasteiger partial charge is 0.367 e. The van der Waals surface area contributed by atoms with Crippen LogP contribution in [0.25, 0.3) is 21.0 Å². The van der Waals surface area contributed by atoms with E-state index in [-0.39, 0.29) is 16.3 Å². The molecule has 0 saturated heterocycles. The van der Waals surface area contributed by atoms with Crippen LogP contribution in [-0.4, -0.2) is 34.2 Å². The van der Waals surface area contributed by atoms with E-state index >= 15 is 0 Å². The molecule has 0 bridgehead atoms. The van der Waals surface area contributed by atoms with Gasteiger partial charge in [0, 0.05) is 11.1 Å². The van der Waals surface area contributed by atoms with Gasteiger partial charge in [-0.25, -0.2) is 14.9 Å². The molecule has 0 aliphatic rings. The molecular weight excluding hydrogens is 368 g/mol. The van der Waals surface area contributed by atoms with Crippen molar-refractivity contribution in [2.45, 2.75) is 0 Å². The lowest BCUT2D eigenvalue weighted by molar-refractivity contribution is 0.0600. The molecule has 0 aliphatic carbocycles. The van der Waals surface area contributed by atoms with Gasteiger partial charge in [-0.1, -0.05) is 18.2 Å². The molecule has 8 nitrogen and oxygen atoms in total. The van der Waals surface area contributed by atoms with Crippen molar-refractivity contribution in [1.82, 2.24) is 15.2 Å². The first-order valence-electron chi connectivity index (χ1n) is 7.84. The van der Waals surface area contributed by atoms with E-state index in [2.05, 4.69) is 25.2 Å². The first-order chi connectivity index (χ1) is 13.1. The molecule has 2 heterocycles. The van der Waals surface area contributed by atoms with Crippen molar-refractivity contribution in [3.05, 3.63) is 63.5 Å². The molecule has 0 fully saturated rings. The van der Waals surface area contributed by atoms with Crippen LogP contribution in [0.5, 0.6) is 0 Å². The van der Waals surface area contributed by atoms with E-state index in [1.165, 1.54) is 18.4 Å². The van der Waals surface area contributed by atoms with Gasteiger partial charge in [-0.2, -0.15) is 5.10 Å². The number of amides is 1. The molecule has 4 aromatic rings. The van der Waals surface area contributed by atoms with E-state index < -0.39 is 11.9 Å². The molecule has 2 N–H and O–H groups in total. The van der Waals surface area contributed by atoms with Crippen LogP contribution in [0.15, 0.2) is 47.3 Å². The molecule has 1 amide bonds. The van der Waals surface area contributed by atoms with Crippen LogP contribution < -0.4 is 10.9 Å². The van der Waals surface area contributed by atoms with Gasteiger partial charge in [0.2, 0.25) is 5.01 Å². The summed E-state index contributed by atoms with van der Waals surface area (Å²) in [6, 6.07) is 11.8. The van der Waals surface area contributed by atoms with Crippen LogP contribution in [0.2, 0.25) is 0 Å². The molecule has 0 atom stereocenters. The largest absolute Gasteiger partial charge is 0.464 e. The number of H-pyrrole nitrogens is 1. The number of hydrogen-bond acceptors (Lipinski definition) is 7. The maximum absolute atomic E-state index is 12.7. The maximum atomic E-state index is 12.7. The van der Waals surface area contributed by atoms with Crippen LogP contribution in [-0.2, 0) is 4.74 Å². The number of esters is 1. The number of benzene rings is 2. The van der Waals surface area contributed by atoms with E-state index in [0.29, 0.717) is 22.0 Å². The lowest BCUT2D eigenvalue weighted by Crippen LogP contribution is -2.19. The Labute approximate surface area is 155 Å². The fraction of sp³-hybridized carbons (Fsp3) is 0.0556. The van der Waals surface area contributed by atoms with Crippen molar-refractivity contribution in [3.8, 4) is 0 Å².